The van der Waals surface area contributed by atoms with Crippen molar-refractivity contribution in [2.45, 2.75) is 88.8 Å². The summed E-state index contributed by atoms with van der Waals surface area (Å²) in [6.45, 7) is 2.77. The molecule has 0 aromatic heterocycles. The Kier molecular flexibility index (Phi) is 9.97. The van der Waals surface area contributed by atoms with Crippen LogP contribution in [0.5, 0.6) is 0 Å². The first-order valence-corrected chi connectivity index (χ1v) is 11.9. The first-order chi connectivity index (χ1) is 15.2. The molecule has 2 saturated heterocycles. The van der Waals surface area contributed by atoms with Crippen molar-refractivity contribution in [2.24, 2.45) is 17.6 Å². The summed E-state index contributed by atoms with van der Waals surface area (Å²) in [6.07, 6.45) is 8.51. The van der Waals surface area contributed by atoms with Gasteiger partial charge in [0.2, 0.25) is 17.7 Å². The molecule has 10 heteroatoms. The van der Waals surface area contributed by atoms with Crippen LogP contribution in [0.25, 0.3) is 0 Å². The highest BCUT2D eigenvalue weighted by molar-refractivity contribution is 5.88. The zero-order chi connectivity index (χ0) is 23.3. The summed E-state index contributed by atoms with van der Waals surface area (Å²) in [5, 5.41) is 5.85. The van der Waals surface area contributed by atoms with Gasteiger partial charge in [-0.25, -0.2) is 4.79 Å². The minimum absolute atomic E-state index is 0. The van der Waals surface area contributed by atoms with Crippen LogP contribution in [0.15, 0.2) is 0 Å². The van der Waals surface area contributed by atoms with Crippen LogP contribution >= 0.6 is 12.4 Å². The van der Waals surface area contributed by atoms with Crippen molar-refractivity contribution < 1.29 is 23.9 Å². The largest absolute Gasteiger partial charge is 0.467 e. The van der Waals surface area contributed by atoms with E-state index in [-0.39, 0.29) is 42.1 Å². The molecule has 33 heavy (non-hydrogen) atoms. The maximum Gasteiger partial charge on any atom is 0.328 e. The molecular weight excluding hydrogens is 448 g/mol. The van der Waals surface area contributed by atoms with E-state index in [2.05, 4.69) is 10.6 Å². The van der Waals surface area contributed by atoms with Crippen molar-refractivity contribution >= 4 is 36.1 Å². The number of nitrogens with zero attached hydrogens (tertiary/aromatic N) is 1. The Balaban J connectivity index is 0.00000385. The lowest BCUT2D eigenvalue weighted by Gasteiger charge is -2.39. The molecule has 0 aromatic carbocycles. The Bertz CT molecular complexity index is 720. The van der Waals surface area contributed by atoms with Crippen molar-refractivity contribution in [1.82, 2.24) is 15.5 Å². The molecule has 1 aliphatic carbocycles. The van der Waals surface area contributed by atoms with Gasteiger partial charge in [-0.05, 0) is 38.0 Å². The minimum atomic E-state index is -0.909. The summed E-state index contributed by atoms with van der Waals surface area (Å²) in [4.78, 5) is 51.2. The SMILES string of the molecule is COC(=O)[C@H](CC1CC2(CCN(C(C)=O)CC2)NC1=O)NC(=O)[C@@H](N)CC1CCCCC1.Cl. The van der Waals surface area contributed by atoms with E-state index in [4.69, 9.17) is 10.5 Å². The van der Waals surface area contributed by atoms with E-state index in [0.717, 1.165) is 12.8 Å². The number of piperidine rings is 1. The monoisotopic (exact) mass is 486 g/mol. The van der Waals surface area contributed by atoms with E-state index in [1.54, 1.807) is 11.8 Å². The van der Waals surface area contributed by atoms with Crippen LogP contribution in [0, 0.1) is 11.8 Å². The van der Waals surface area contributed by atoms with Gasteiger partial charge in [-0.1, -0.05) is 32.1 Å². The van der Waals surface area contributed by atoms with Gasteiger partial charge in [0.1, 0.15) is 6.04 Å². The standard InChI is InChI=1S/C23H38N4O5.ClH/c1-15(28)27-10-8-23(9-11-27)14-17(20(29)26-23)13-19(22(31)32-2)25-21(30)18(24)12-16-6-4-3-5-7-16;/h16-19H,3-14,24H2,1-2H3,(H,25,30)(H,26,29);1H/t17?,18-,19-;/m0./s1. The number of ether oxygens (including phenoxy) is 1. The number of carbonyl (C=O) groups is 4. The molecule has 2 heterocycles. The number of halogens is 1. The molecule has 4 N–H and O–H groups in total. The second-order valence-electron chi connectivity index (χ2n) is 9.84. The van der Waals surface area contributed by atoms with Crippen molar-refractivity contribution in [3.05, 3.63) is 0 Å². The number of carbonyl (C=O) groups excluding carboxylic acids is 4. The third-order valence-electron chi connectivity index (χ3n) is 7.53. The number of likely N-dealkylation sites (tertiary alicyclic amines) is 1. The number of nitrogens with two attached hydrogens (primary N) is 1. The zero-order valence-corrected chi connectivity index (χ0v) is 20.6. The summed E-state index contributed by atoms with van der Waals surface area (Å²) in [7, 11) is 1.27. The van der Waals surface area contributed by atoms with E-state index in [9.17, 15) is 19.2 Å². The highest BCUT2D eigenvalue weighted by atomic mass is 35.5. The summed E-state index contributed by atoms with van der Waals surface area (Å²) >= 11 is 0. The van der Waals surface area contributed by atoms with Crippen molar-refractivity contribution in [3.8, 4) is 0 Å². The molecule has 3 amide bonds. The summed E-state index contributed by atoms with van der Waals surface area (Å²) in [5.74, 6) is -0.966. The minimum Gasteiger partial charge on any atom is -0.467 e. The Morgan fingerprint density at radius 1 is 1.18 bits per heavy atom. The van der Waals surface area contributed by atoms with Crippen LogP contribution in [0.1, 0.15) is 71.1 Å². The van der Waals surface area contributed by atoms with E-state index in [1.807, 2.05) is 0 Å². The van der Waals surface area contributed by atoms with Crippen LogP contribution < -0.4 is 16.4 Å². The Morgan fingerprint density at radius 2 is 1.82 bits per heavy atom. The molecule has 9 nitrogen and oxygen atoms in total. The fourth-order valence-corrected chi connectivity index (χ4v) is 5.56. The highest BCUT2D eigenvalue weighted by Crippen LogP contribution is 2.36. The second kappa shape index (κ2) is 12.0. The molecule has 1 spiro atoms. The maximum absolute atomic E-state index is 12.7. The lowest BCUT2D eigenvalue weighted by molar-refractivity contribution is -0.146. The molecule has 188 valence electrons. The van der Waals surface area contributed by atoms with E-state index < -0.39 is 24.0 Å². The van der Waals surface area contributed by atoms with Crippen LogP contribution in [-0.2, 0) is 23.9 Å². The smallest absolute Gasteiger partial charge is 0.328 e. The Hall–Kier alpha value is -1.87. The molecule has 0 bridgehead atoms. The number of rotatable bonds is 7. The lowest BCUT2D eigenvalue weighted by Crippen LogP contribution is -2.51. The normalized spacial score (nSPS) is 24.4. The molecule has 0 aromatic rings. The molecule has 1 saturated carbocycles. The number of esters is 1. The number of amides is 3. The fourth-order valence-electron chi connectivity index (χ4n) is 5.56. The summed E-state index contributed by atoms with van der Waals surface area (Å²) in [5.41, 5.74) is 5.80. The summed E-state index contributed by atoms with van der Waals surface area (Å²) in [6, 6.07) is -1.59. The quantitative estimate of drug-likeness (QED) is 0.464. The Morgan fingerprint density at radius 3 is 2.39 bits per heavy atom. The second-order valence-corrected chi connectivity index (χ2v) is 9.84. The molecule has 3 rings (SSSR count). The average Bonchev–Trinajstić information content (AvgIpc) is 3.07. The molecular formula is C23H39ClN4O5. The van der Waals surface area contributed by atoms with Gasteiger partial charge in [0, 0.05) is 31.5 Å². The fraction of sp³-hybridized carbons (Fsp3) is 0.826. The molecule has 3 fully saturated rings. The van der Waals surface area contributed by atoms with Gasteiger partial charge in [0.15, 0.2) is 0 Å². The van der Waals surface area contributed by atoms with E-state index in [1.165, 1.54) is 26.4 Å². The third-order valence-corrected chi connectivity index (χ3v) is 7.53. The predicted molar refractivity (Wildman–Crippen MR) is 125 cm³/mol. The van der Waals surface area contributed by atoms with Gasteiger partial charge < -0.3 is 26.0 Å². The highest BCUT2D eigenvalue weighted by Gasteiger charge is 2.47. The molecule has 0 radical (unpaired) electrons. The first-order valence-electron chi connectivity index (χ1n) is 11.9. The molecule has 3 aliphatic rings. The van der Waals surface area contributed by atoms with Gasteiger partial charge in [-0.3, -0.25) is 14.4 Å². The first kappa shape index (κ1) is 27.4. The van der Waals surface area contributed by atoms with Crippen LogP contribution in [0.4, 0.5) is 0 Å². The average molecular weight is 487 g/mol. The number of nitrogens with one attached hydrogen (secondary N) is 2. The van der Waals surface area contributed by atoms with Crippen molar-refractivity contribution in [3.63, 3.8) is 0 Å². The Labute approximate surface area is 202 Å². The van der Waals surface area contributed by atoms with E-state index in [0.29, 0.717) is 44.7 Å². The van der Waals surface area contributed by atoms with E-state index >= 15 is 0 Å². The predicted octanol–water partition coefficient (Wildman–Crippen LogP) is 1.27. The van der Waals surface area contributed by atoms with Crippen molar-refractivity contribution in [2.75, 3.05) is 20.2 Å². The van der Waals surface area contributed by atoms with Gasteiger partial charge in [0.05, 0.1) is 13.2 Å². The van der Waals surface area contributed by atoms with Crippen LogP contribution in [0.3, 0.4) is 0 Å². The summed E-state index contributed by atoms with van der Waals surface area (Å²) < 4.78 is 4.90. The molecule has 3 atom stereocenters. The molecule has 1 unspecified atom stereocenters. The maximum atomic E-state index is 12.7. The van der Waals surface area contributed by atoms with Gasteiger partial charge in [-0.15, -0.1) is 12.4 Å². The van der Waals surface area contributed by atoms with Gasteiger partial charge >= 0.3 is 5.97 Å². The molecule has 2 aliphatic heterocycles. The van der Waals surface area contributed by atoms with Crippen molar-refractivity contribution in [1.29, 1.82) is 0 Å². The van der Waals surface area contributed by atoms with Crippen LogP contribution in [0.2, 0.25) is 0 Å². The zero-order valence-electron chi connectivity index (χ0n) is 19.8. The third kappa shape index (κ3) is 7.06. The van der Waals surface area contributed by atoms with Crippen LogP contribution in [-0.4, -0.2) is 66.4 Å². The number of methoxy groups -OCH3 is 1. The van der Waals surface area contributed by atoms with Gasteiger partial charge in [0.25, 0.3) is 0 Å². The number of hydrogen-bond donors (Lipinski definition) is 3. The topological polar surface area (TPSA) is 131 Å². The number of hydrogen-bond acceptors (Lipinski definition) is 6. The van der Waals surface area contributed by atoms with Gasteiger partial charge in [-0.2, -0.15) is 0 Å². The lowest BCUT2D eigenvalue weighted by atomic mass is 9.82.